The third-order valence-electron chi connectivity index (χ3n) is 5.08. The Morgan fingerprint density at radius 3 is 2.70 bits per heavy atom. The molecule has 4 nitrogen and oxygen atoms in total. The zero-order valence-electron chi connectivity index (χ0n) is 13.1. The number of nitrogens with zero attached hydrogens (tertiary/aromatic N) is 2. The normalized spacial score (nSPS) is 27.8. The zero-order chi connectivity index (χ0) is 14.8. The van der Waals surface area contributed by atoms with E-state index in [1.54, 1.807) is 0 Å². The van der Waals surface area contributed by atoms with Crippen molar-refractivity contribution < 1.29 is 0 Å². The molecule has 3 unspecified atom stereocenters. The lowest BCUT2D eigenvalue weighted by atomic mass is 9.67. The Bertz CT molecular complexity index is 429. The van der Waals surface area contributed by atoms with Gasteiger partial charge in [0.2, 0.25) is 5.16 Å². The highest BCUT2D eigenvalue weighted by molar-refractivity contribution is 7.99. The quantitative estimate of drug-likeness (QED) is 0.874. The molecule has 1 aliphatic rings. The zero-order valence-corrected chi connectivity index (χ0v) is 14.0. The highest BCUT2D eigenvalue weighted by atomic mass is 32.2. The van der Waals surface area contributed by atoms with Crippen LogP contribution in [-0.4, -0.2) is 27.0 Å². The van der Waals surface area contributed by atoms with Crippen LogP contribution in [0.2, 0.25) is 0 Å². The maximum absolute atomic E-state index is 5.98. The van der Waals surface area contributed by atoms with Crippen LogP contribution in [0.25, 0.3) is 0 Å². The third kappa shape index (κ3) is 3.55. The van der Waals surface area contributed by atoms with Gasteiger partial charge in [0, 0.05) is 5.25 Å². The van der Waals surface area contributed by atoms with Gasteiger partial charge in [-0.2, -0.15) is 0 Å². The first-order valence-electron chi connectivity index (χ1n) is 7.72. The molecule has 5 heteroatoms. The summed E-state index contributed by atoms with van der Waals surface area (Å²) < 4.78 is 0. The van der Waals surface area contributed by atoms with Crippen molar-refractivity contribution in [2.45, 2.75) is 63.8 Å². The molecule has 0 radical (unpaired) electrons. The molecule has 1 saturated carbocycles. The van der Waals surface area contributed by atoms with Crippen LogP contribution < -0.4 is 5.73 Å². The van der Waals surface area contributed by atoms with Gasteiger partial charge in [-0.05, 0) is 50.0 Å². The Kier molecular flexibility index (Phi) is 5.13. The fourth-order valence-electron chi connectivity index (χ4n) is 3.11. The first-order chi connectivity index (χ1) is 9.46. The average molecular weight is 296 g/mol. The summed E-state index contributed by atoms with van der Waals surface area (Å²) in [5, 5.41) is 8.63. The number of aromatic amines is 1. The molecule has 1 aromatic rings. The summed E-state index contributed by atoms with van der Waals surface area (Å²) in [7, 11) is 0. The van der Waals surface area contributed by atoms with Gasteiger partial charge >= 0.3 is 0 Å². The highest BCUT2D eigenvalue weighted by Crippen LogP contribution is 2.46. The lowest BCUT2D eigenvalue weighted by Gasteiger charge is -2.42. The number of H-pyrrole nitrogens is 1. The number of rotatable bonds is 5. The Morgan fingerprint density at radius 1 is 1.40 bits per heavy atom. The van der Waals surface area contributed by atoms with Crippen molar-refractivity contribution >= 4 is 11.8 Å². The summed E-state index contributed by atoms with van der Waals surface area (Å²) in [5.74, 6) is 2.27. The van der Waals surface area contributed by atoms with Crippen molar-refractivity contribution in [1.29, 1.82) is 0 Å². The molecule has 3 atom stereocenters. The predicted molar refractivity (Wildman–Crippen MR) is 84.7 cm³/mol. The van der Waals surface area contributed by atoms with E-state index in [9.17, 15) is 0 Å². The van der Waals surface area contributed by atoms with Crippen molar-refractivity contribution in [3.05, 3.63) is 5.82 Å². The average Bonchev–Trinajstić information content (AvgIpc) is 2.84. The Labute approximate surface area is 126 Å². The number of hydrogen-bond donors (Lipinski definition) is 2. The molecule has 0 spiro atoms. The summed E-state index contributed by atoms with van der Waals surface area (Å²) in [6, 6.07) is 0. The number of aryl methyl sites for hydroxylation is 1. The van der Waals surface area contributed by atoms with Gasteiger partial charge in [0.15, 0.2) is 0 Å². The first kappa shape index (κ1) is 15.8. The molecule has 0 saturated heterocycles. The van der Waals surface area contributed by atoms with Crippen LogP contribution in [-0.2, 0) is 0 Å². The topological polar surface area (TPSA) is 67.6 Å². The molecule has 0 bridgehead atoms. The van der Waals surface area contributed by atoms with Crippen molar-refractivity contribution in [1.82, 2.24) is 15.2 Å². The molecule has 1 aromatic heterocycles. The van der Waals surface area contributed by atoms with Crippen molar-refractivity contribution in [2.75, 3.05) is 6.54 Å². The fourth-order valence-corrected chi connectivity index (χ4v) is 4.44. The molecule has 0 aliphatic heterocycles. The number of thioether (sulfide) groups is 1. The van der Waals surface area contributed by atoms with Crippen molar-refractivity contribution in [3.8, 4) is 0 Å². The van der Waals surface area contributed by atoms with E-state index >= 15 is 0 Å². The Morgan fingerprint density at radius 2 is 2.15 bits per heavy atom. The van der Waals surface area contributed by atoms with E-state index in [1.807, 2.05) is 18.7 Å². The first-order valence-corrected chi connectivity index (χ1v) is 8.60. The number of nitrogens with two attached hydrogens (primary N) is 1. The monoisotopic (exact) mass is 296 g/mol. The van der Waals surface area contributed by atoms with E-state index in [2.05, 4.69) is 36.0 Å². The molecule has 20 heavy (non-hydrogen) atoms. The smallest absolute Gasteiger partial charge is 0.208 e. The van der Waals surface area contributed by atoms with E-state index in [-0.39, 0.29) is 0 Å². The molecule has 1 fully saturated rings. The van der Waals surface area contributed by atoms with Crippen LogP contribution >= 0.6 is 11.8 Å². The summed E-state index contributed by atoms with van der Waals surface area (Å²) in [6.45, 7) is 9.83. The standard InChI is InChI=1S/C15H28N4S/c1-5-15(3,4)12-7-6-11(9-16)13(8-12)20-14-17-10(2)18-19-14/h11-13H,5-9,16H2,1-4H3,(H,17,18,19). The summed E-state index contributed by atoms with van der Waals surface area (Å²) in [4.78, 5) is 4.44. The summed E-state index contributed by atoms with van der Waals surface area (Å²) in [5.41, 5.74) is 6.40. The van der Waals surface area contributed by atoms with Gasteiger partial charge in [-0.15, -0.1) is 5.10 Å². The molecule has 2 rings (SSSR count). The van der Waals surface area contributed by atoms with Crippen LogP contribution in [0.4, 0.5) is 0 Å². The van der Waals surface area contributed by atoms with Crippen LogP contribution in [0.3, 0.4) is 0 Å². The van der Waals surface area contributed by atoms with Crippen LogP contribution in [0.5, 0.6) is 0 Å². The number of aromatic nitrogens is 3. The second-order valence-electron chi connectivity index (χ2n) is 6.71. The van der Waals surface area contributed by atoms with Crippen LogP contribution in [0, 0.1) is 24.2 Å². The molecule has 114 valence electrons. The van der Waals surface area contributed by atoms with Gasteiger partial charge in [0.25, 0.3) is 0 Å². The van der Waals surface area contributed by atoms with E-state index in [1.165, 1.54) is 25.7 Å². The Hall–Kier alpha value is -0.550. The van der Waals surface area contributed by atoms with E-state index in [4.69, 9.17) is 5.73 Å². The minimum atomic E-state index is 0.424. The fraction of sp³-hybridized carbons (Fsp3) is 0.867. The second-order valence-corrected chi connectivity index (χ2v) is 7.91. The van der Waals surface area contributed by atoms with Gasteiger partial charge in [-0.1, -0.05) is 39.0 Å². The molecule has 0 amide bonds. The second kappa shape index (κ2) is 6.48. The van der Waals surface area contributed by atoms with Gasteiger partial charge in [0.05, 0.1) is 0 Å². The highest BCUT2D eigenvalue weighted by Gasteiger charge is 2.37. The van der Waals surface area contributed by atoms with Gasteiger partial charge in [-0.25, -0.2) is 4.98 Å². The van der Waals surface area contributed by atoms with Crippen LogP contribution in [0.1, 0.15) is 52.3 Å². The molecule has 1 aliphatic carbocycles. The molecule has 0 aromatic carbocycles. The lowest BCUT2D eigenvalue weighted by Crippen LogP contribution is -2.37. The van der Waals surface area contributed by atoms with E-state index in [0.717, 1.165) is 23.4 Å². The minimum absolute atomic E-state index is 0.424. The predicted octanol–water partition coefficient (Wildman–Crippen LogP) is 3.39. The third-order valence-corrected chi connectivity index (χ3v) is 6.35. The lowest BCUT2D eigenvalue weighted by molar-refractivity contribution is 0.134. The van der Waals surface area contributed by atoms with E-state index < -0.39 is 0 Å². The maximum Gasteiger partial charge on any atom is 0.208 e. The van der Waals surface area contributed by atoms with E-state index in [0.29, 0.717) is 16.6 Å². The van der Waals surface area contributed by atoms with Gasteiger partial charge in [0.1, 0.15) is 5.82 Å². The van der Waals surface area contributed by atoms with Gasteiger partial charge in [-0.3, -0.25) is 5.10 Å². The van der Waals surface area contributed by atoms with Crippen molar-refractivity contribution in [2.24, 2.45) is 23.0 Å². The minimum Gasteiger partial charge on any atom is -0.330 e. The SMILES string of the molecule is CCC(C)(C)C1CCC(CN)C(Sc2n[nH]c(C)n2)C1. The molecular weight excluding hydrogens is 268 g/mol. The molecule has 1 heterocycles. The van der Waals surface area contributed by atoms with Crippen LogP contribution in [0.15, 0.2) is 5.16 Å². The maximum atomic E-state index is 5.98. The summed E-state index contributed by atoms with van der Waals surface area (Å²) >= 11 is 1.81. The molecule has 3 N–H and O–H groups in total. The number of hydrogen-bond acceptors (Lipinski definition) is 4. The van der Waals surface area contributed by atoms with Crippen molar-refractivity contribution in [3.63, 3.8) is 0 Å². The number of nitrogens with one attached hydrogen (secondary N) is 1. The Balaban J connectivity index is 2.06. The largest absolute Gasteiger partial charge is 0.330 e. The molecular formula is C15H28N4S. The summed E-state index contributed by atoms with van der Waals surface area (Å²) in [6.07, 6.45) is 5.03. The van der Waals surface area contributed by atoms with Gasteiger partial charge < -0.3 is 5.73 Å².